The molecule has 1 aromatic heterocycles. The van der Waals surface area contributed by atoms with E-state index in [1.807, 2.05) is 0 Å². The predicted octanol–water partition coefficient (Wildman–Crippen LogP) is 3.97. The number of aromatic nitrogens is 1. The summed E-state index contributed by atoms with van der Waals surface area (Å²) in [6.07, 6.45) is 3.80. The summed E-state index contributed by atoms with van der Waals surface area (Å²) < 4.78 is 20.2. The maximum absolute atomic E-state index is 14.0. The predicted molar refractivity (Wildman–Crippen MR) is 104 cm³/mol. The number of ether oxygens (including phenoxy) is 1. The van der Waals surface area contributed by atoms with Crippen LogP contribution in [0.2, 0.25) is 0 Å². The van der Waals surface area contributed by atoms with Gasteiger partial charge in [0.15, 0.2) is 11.5 Å². The molecule has 4 atom stereocenters. The number of hydrogen-bond acceptors (Lipinski definition) is 4. The van der Waals surface area contributed by atoms with Crippen molar-refractivity contribution in [1.82, 2.24) is 4.98 Å². The number of rotatable bonds is 2. The molecule has 0 spiro atoms. The van der Waals surface area contributed by atoms with Crippen LogP contribution in [0.1, 0.15) is 37.8 Å². The summed E-state index contributed by atoms with van der Waals surface area (Å²) in [7, 11) is 0. The van der Waals surface area contributed by atoms with Crippen LogP contribution in [0.3, 0.4) is 0 Å². The van der Waals surface area contributed by atoms with Gasteiger partial charge < -0.3 is 4.74 Å². The van der Waals surface area contributed by atoms with E-state index in [4.69, 9.17) is 4.74 Å². The summed E-state index contributed by atoms with van der Waals surface area (Å²) in [5.41, 5.74) is 0.870. The lowest BCUT2D eigenvalue weighted by Crippen LogP contribution is -2.41. The standard InChI is InChI=1S/C23H21FN2O3/c1-13-8-9-17-16(11-13)21(27)19-20(14-5-4-6-15(24)12-14)26(23(28)22(19)29-17)18-7-2-3-10-25-18/h2-7,10,12-13,16-17,20H,8-9,11H2,1H3. The molecule has 2 aliphatic heterocycles. The number of anilines is 1. The first-order chi connectivity index (χ1) is 14.0. The Labute approximate surface area is 168 Å². The number of carbonyl (C=O) groups excluding carboxylic acids is 2. The molecule has 4 unspecified atom stereocenters. The fourth-order valence-electron chi connectivity index (χ4n) is 4.80. The monoisotopic (exact) mass is 392 g/mol. The highest BCUT2D eigenvalue weighted by molar-refractivity contribution is 6.17. The van der Waals surface area contributed by atoms with Gasteiger partial charge in [0, 0.05) is 6.20 Å². The van der Waals surface area contributed by atoms with Crippen LogP contribution in [0.25, 0.3) is 0 Å². The molecule has 29 heavy (non-hydrogen) atoms. The first kappa shape index (κ1) is 18.0. The van der Waals surface area contributed by atoms with Crippen molar-refractivity contribution in [3.8, 4) is 0 Å². The van der Waals surface area contributed by atoms with Crippen molar-refractivity contribution in [3.05, 3.63) is 71.4 Å². The number of ketones is 1. The number of Topliss-reactive ketones (excluding diaryl/α,β-unsaturated/α-hetero) is 1. The number of benzene rings is 1. The highest BCUT2D eigenvalue weighted by Crippen LogP contribution is 2.48. The van der Waals surface area contributed by atoms with E-state index < -0.39 is 17.8 Å². The highest BCUT2D eigenvalue weighted by Gasteiger charge is 2.53. The fraction of sp³-hybridized carbons (Fsp3) is 0.348. The van der Waals surface area contributed by atoms with Crippen LogP contribution < -0.4 is 4.90 Å². The summed E-state index contributed by atoms with van der Waals surface area (Å²) in [6, 6.07) is 10.5. The van der Waals surface area contributed by atoms with Crippen LogP contribution in [0.15, 0.2) is 60.0 Å². The lowest BCUT2D eigenvalue weighted by Gasteiger charge is -2.37. The van der Waals surface area contributed by atoms with Crippen LogP contribution >= 0.6 is 0 Å². The molecular formula is C23H21FN2O3. The number of hydrogen-bond donors (Lipinski definition) is 0. The Balaban J connectivity index is 1.66. The van der Waals surface area contributed by atoms with Gasteiger partial charge in [0.05, 0.1) is 17.5 Å². The Morgan fingerprint density at radius 3 is 2.76 bits per heavy atom. The van der Waals surface area contributed by atoms with Crippen LogP contribution in [-0.2, 0) is 14.3 Å². The zero-order valence-corrected chi connectivity index (χ0v) is 16.0. The summed E-state index contributed by atoms with van der Waals surface area (Å²) in [4.78, 5) is 32.7. The second-order valence-electron chi connectivity index (χ2n) is 8.11. The van der Waals surface area contributed by atoms with E-state index in [-0.39, 0.29) is 23.6 Å². The molecule has 5 nitrogen and oxygen atoms in total. The molecule has 3 aliphatic rings. The average molecular weight is 392 g/mol. The lowest BCUT2D eigenvalue weighted by molar-refractivity contribution is -0.132. The van der Waals surface area contributed by atoms with Gasteiger partial charge in [-0.15, -0.1) is 0 Å². The molecule has 3 heterocycles. The third kappa shape index (κ3) is 2.85. The molecule has 1 amide bonds. The van der Waals surface area contributed by atoms with E-state index in [0.29, 0.717) is 22.9 Å². The Bertz CT molecular complexity index is 1020. The molecule has 1 aromatic carbocycles. The van der Waals surface area contributed by atoms with E-state index >= 15 is 0 Å². The van der Waals surface area contributed by atoms with Crippen LogP contribution in [-0.4, -0.2) is 22.8 Å². The van der Waals surface area contributed by atoms with E-state index in [9.17, 15) is 14.0 Å². The van der Waals surface area contributed by atoms with Gasteiger partial charge in [-0.25, -0.2) is 9.37 Å². The summed E-state index contributed by atoms with van der Waals surface area (Å²) in [5.74, 6) is -0.173. The molecule has 0 radical (unpaired) electrons. The molecule has 0 bridgehead atoms. The fourth-order valence-corrected chi connectivity index (χ4v) is 4.80. The maximum Gasteiger partial charge on any atom is 0.295 e. The van der Waals surface area contributed by atoms with Crippen molar-refractivity contribution in [2.45, 2.75) is 38.3 Å². The van der Waals surface area contributed by atoms with Crippen molar-refractivity contribution < 1.29 is 18.7 Å². The summed E-state index contributed by atoms with van der Waals surface area (Å²) in [6.45, 7) is 2.14. The topological polar surface area (TPSA) is 59.5 Å². The molecule has 0 N–H and O–H groups in total. The minimum atomic E-state index is -0.742. The van der Waals surface area contributed by atoms with Crippen molar-refractivity contribution in [3.63, 3.8) is 0 Å². The van der Waals surface area contributed by atoms with Gasteiger partial charge in [0.25, 0.3) is 5.91 Å². The van der Waals surface area contributed by atoms with E-state index in [0.717, 1.165) is 19.3 Å². The SMILES string of the molecule is CC1CCC2OC3=C(C(=O)C2C1)C(c1cccc(F)c1)N(c1ccccn1)C3=O. The van der Waals surface area contributed by atoms with Gasteiger partial charge in [-0.2, -0.15) is 0 Å². The van der Waals surface area contributed by atoms with E-state index in [2.05, 4.69) is 11.9 Å². The Hall–Kier alpha value is -3.02. The van der Waals surface area contributed by atoms with Gasteiger partial charge in [-0.05, 0) is 55.0 Å². The minimum Gasteiger partial charge on any atom is -0.483 e. The third-order valence-electron chi connectivity index (χ3n) is 6.17. The lowest BCUT2D eigenvalue weighted by atomic mass is 9.74. The van der Waals surface area contributed by atoms with Crippen molar-refractivity contribution in [1.29, 1.82) is 0 Å². The molecule has 2 aromatic rings. The van der Waals surface area contributed by atoms with Crippen molar-refractivity contribution in [2.75, 3.05) is 4.90 Å². The number of amides is 1. The number of halogens is 1. The Morgan fingerprint density at radius 1 is 1.14 bits per heavy atom. The molecule has 1 saturated carbocycles. The zero-order chi connectivity index (χ0) is 20.1. The van der Waals surface area contributed by atoms with Gasteiger partial charge in [-0.1, -0.05) is 25.1 Å². The molecule has 0 saturated heterocycles. The molecule has 1 aliphatic carbocycles. The number of fused-ring (bicyclic) bond motifs is 1. The largest absolute Gasteiger partial charge is 0.483 e. The number of pyridine rings is 1. The molecule has 148 valence electrons. The molecular weight excluding hydrogens is 371 g/mol. The normalized spacial score (nSPS) is 28.8. The first-order valence-electron chi connectivity index (χ1n) is 9.99. The minimum absolute atomic E-state index is 0.0520. The molecule has 1 fully saturated rings. The second-order valence-corrected chi connectivity index (χ2v) is 8.11. The van der Waals surface area contributed by atoms with Crippen LogP contribution in [0.5, 0.6) is 0 Å². The van der Waals surface area contributed by atoms with E-state index in [1.165, 1.54) is 17.0 Å². The van der Waals surface area contributed by atoms with Gasteiger partial charge >= 0.3 is 0 Å². The Kier molecular flexibility index (Phi) is 4.23. The van der Waals surface area contributed by atoms with Crippen LogP contribution in [0, 0.1) is 17.7 Å². The van der Waals surface area contributed by atoms with Crippen molar-refractivity contribution >= 4 is 17.5 Å². The second kappa shape index (κ2) is 6.79. The maximum atomic E-state index is 14.0. The number of carbonyl (C=O) groups is 2. The van der Waals surface area contributed by atoms with E-state index in [1.54, 1.807) is 36.5 Å². The molecule has 5 rings (SSSR count). The zero-order valence-electron chi connectivity index (χ0n) is 16.0. The highest BCUT2D eigenvalue weighted by atomic mass is 19.1. The third-order valence-corrected chi connectivity index (χ3v) is 6.17. The van der Waals surface area contributed by atoms with Gasteiger partial charge in [0.2, 0.25) is 0 Å². The number of nitrogens with zero attached hydrogens (tertiary/aromatic N) is 2. The summed E-state index contributed by atoms with van der Waals surface area (Å²) in [5, 5.41) is 0. The summed E-state index contributed by atoms with van der Waals surface area (Å²) >= 11 is 0. The van der Waals surface area contributed by atoms with Gasteiger partial charge in [-0.3, -0.25) is 14.5 Å². The molecule has 6 heteroatoms. The van der Waals surface area contributed by atoms with Crippen molar-refractivity contribution in [2.24, 2.45) is 11.8 Å². The first-order valence-corrected chi connectivity index (χ1v) is 9.99. The van der Waals surface area contributed by atoms with Gasteiger partial charge in [0.1, 0.15) is 17.7 Å². The quantitative estimate of drug-likeness (QED) is 0.776. The smallest absolute Gasteiger partial charge is 0.295 e. The average Bonchev–Trinajstić information content (AvgIpc) is 3.02. The Morgan fingerprint density at radius 2 is 2.00 bits per heavy atom. The van der Waals surface area contributed by atoms with Crippen LogP contribution in [0.4, 0.5) is 10.2 Å².